The Morgan fingerprint density at radius 2 is 1.14 bits per heavy atom. The minimum atomic E-state index is -1.29. The molecule has 4 unspecified atom stereocenters. The molecule has 4 N–H and O–H groups in total. The number of likely N-dealkylation sites (tertiary alicyclic amines) is 4. The van der Waals surface area contributed by atoms with Gasteiger partial charge in [0.15, 0.2) is 6.04 Å². The lowest BCUT2D eigenvalue weighted by Gasteiger charge is -2.58. The summed E-state index contributed by atoms with van der Waals surface area (Å²) in [5, 5.41) is 30.8. The standard InChI is InChI=1S/C18H31N3O5.C15H24N2O6/c1-11(2)19-14(23)13(10-22)21-12(3)18(15(21)24)8-7-9-20(18)16(25)26-17(4,5)6;1-9-15(12(21)17(9)10(8-18)11(19)20)6-5-7-16(15)13(22)23-14(2,3)4/h11-13,22H,7-10H2,1-6H3,(H,19,23);9-10,18H,5-8H2,1-4H3,(H,19,20)/t12?,13-,18?;9?,10-,15?/m00/s1. The van der Waals surface area contributed by atoms with Crippen molar-refractivity contribution in [1.29, 1.82) is 0 Å². The van der Waals surface area contributed by atoms with Crippen LogP contribution in [0.4, 0.5) is 9.59 Å². The summed E-state index contributed by atoms with van der Waals surface area (Å²) < 4.78 is 10.8. The number of ether oxygens (including phenoxy) is 2. The van der Waals surface area contributed by atoms with Crippen molar-refractivity contribution in [2.75, 3.05) is 26.3 Å². The monoisotopic (exact) mass is 697 g/mol. The lowest BCUT2D eigenvalue weighted by molar-refractivity contribution is -0.184. The van der Waals surface area contributed by atoms with Crippen molar-refractivity contribution in [1.82, 2.24) is 24.9 Å². The van der Waals surface area contributed by atoms with Crippen molar-refractivity contribution in [3.8, 4) is 0 Å². The molecule has 4 aliphatic heterocycles. The second kappa shape index (κ2) is 14.3. The third-order valence-corrected chi connectivity index (χ3v) is 9.53. The van der Waals surface area contributed by atoms with E-state index in [0.29, 0.717) is 38.8 Å². The van der Waals surface area contributed by atoms with E-state index in [1.54, 1.807) is 48.5 Å². The molecule has 0 radical (unpaired) electrons. The summed E-state index contributed by atoms with van der Waals surface area (Å²) in [6, 6.07) is -3.20. The Labute approximate surface area is 288 Å². The van der Waals surface area contributed by atoms with Crippen molar-refractivity contribution in [3.05, 3.63) is 0 Å². The molecule has 0 aliphatic carbocycles. The summed E-state index contributed by atoms with van der Waals surface area (Å²) in [4.78, 5) is 79.7. The number of carboxylic acid groups (broad SMARTS) is 1. The Bertz CT molecular complexity index is 1310. The van der Waals surface area contributed by atoms with Gasteiger partial charge in [0.2, 0.25) is 5.91 Å². The zero-order valence-electron chi connectivity index (χ0n) is 30.4. The molecule has 0 aromatic carbocycles. The molecule has 0 aromatic heterocycles. The highest BCUT2D eigenvalue weighted by Crippen LogP contribution is 2.47. The van der Waals surface area contributed by atoms with Gasteiger partial charge in [-0.25, -0.2) is 14.4 Å². The van der Waals surface area contributed by atoms with Crippen molar-refractivity contribution >= 4 is 35.9 Å². The molecule has 5 amide bonds. The number of rotatable bonds is 7. The molecule has 6 atom stereocenters. The van der Waals surface area contributed by atoms with Gasteiger partial charge in [0, 0.05) is 19.1 Å². The molecule has 16 heteroatoms. The van der Waals surface area contributed by atoms with Crippen LogP contribution >= 0.6 is 0 Å². The number of aliphatic carboxylic acids is 1. The van der Waals surface area contributed by atoms with Gasteiger partial charge < -0.3 is 39.9 Å². The van der Waals surface area contributed by atoms with Gasteiger partial charge in [0.1, 0.15) is 28.3 Å². The molecule has 4 saturated heterocycles. The number of aliphatic hydroxyl groups is 2. The van der Waals surface area contributed by atoms with E-state index in [0.717, 1.165) is 4.90 Å². The Kier molecular flexibility index (Phi) is 11.6. The van der Waals surface area contributed by atoms with E-state index in [2.05, 4.69) is 5.32 Å². The maximum atomic E-state index is 13.1. The van der Waals surface area contributed by atoms with E-state index < -0.39 is 77.7 Å². The SMILES string of the molecule is CC(C)NC(=O)[C@H](CO)N1C(=O)C2(CCCN2C(=O)OC(C)(C)C)C1C.CC1N([C@@H](CO)C(=O)O)C(=O)C12CCCN2C(=O)OC(C)(C)C. The molecular formula is C33H55N5O11. The first-order valence-corrected chi connectivity index (χ1v) is 16.9. The van der Waals surface area contributed by atoms with Crippen LogP contribution in [0.15, 0.2) is 0 Å². The lowest BCUT2D eigenvalue weighted by atomic mass is 9.76. The molecule has 0 aromatic rings. The highest BCUT2D eigenvalue weighted by molar-refractivity contribution is 6.01. The number of carboxylic acids is 1. The van der Waals surface area contributed by atoms with Crippen LogP contribution in [0.2, 0.25) is 0 Å². The van der Waals surface area contributed by atoms with Gasteiger partial charge in [-0.1, -0.05) is 0 Å². The molecule has 16 nitrogen and oxygen atoms in total. The zero-order chi connectivity index (χ0) is 37.4. The number of carbonyl (C=O) groups excluding carboxylic acids is 5. The second-order valence-electron chi connectivity index (χ2n) is 15.5. The summed E-state index contributed by atoms with van der Waals surface area (Å²) in [5.41, 5.74) is -3.36. The summed E-state index contributed by atoms with van der Waals surface area (Å²) in [5.74, 6) is -2.38. The first-order chi connectivity index (χ1) is 22.5. The van der Waals surface area contributed by atoms with E-state index in [4.69, 9.17) is 14.6 Å². The van der Waals surface area contributed by atoms with E-state index in [1.807, 2.05) is 20.8 Å². The summed E-state index contributed by atoms with van der Waals surface area (Å²) in [7, 11) is 0. The van der Waals surface area contributed by atoms with E-state index in [-0.39, 0.29) is 23.9 Å². The van der Waals surface area contributed by atoms with Crippen molar-refractivity contribution in [2.24, 2.45) is 0 Å². The van der Waals surface area contributed by atoms with Gasteiger partial charge in [-0.05, 0) is 94.9 Å². The normalized spacial score (nSPS) is 27.8. The highest BCUT2D eigenvalue weighted by atomic mass is 16.6. The van der Waals surface area contributed by atoms with Gasteiger partial charge >= 0.3 is 18.2 Å². The summed E-state index contributed by atoms with van der Waals surface area (Å²) in [6.07, 6.45) is 1.28. The number of hydrogen-bond donors (Lipinski definition) is 4. The number of hydrogen-bond acceptors (Lipinski definition) is 10. The van der Waals surface area contributed by atoms with Crippen LogP contribution in [0.1, 0.15) is 94.9 Å². The van der Waals surface area contributed by atoms with Gasteiger partial charge in [0.25, 0.3) is 11.8 Å². The van der Waals surface area contributed by atoms with Crippen molar-refractivity contribution in [3.63, 3.8) is 0 Å². The van der Waals surface area contributed by atoms with Gasteiger partial charge in [-0.2, -0.15) is 0 Å². The molecule has 0 bridgehead atoms. The third kappa shape index (κ3) is 7.30. The molecule has 4 heterocycles. The molecular weight excluding hydrogens is 642 g/mol. The molecule has 0 saturated carbocycles. The fourth-order valence-corrected chi connectivity index (χ4v) is 7.41. The molecule has 49 heavy (non-hydrogen) atoms. The Morgan fingerprint density at radius 3 is 1.43 bits per heavy atom. The number of β-lactam (4-membered cyclic amide) rings is 2. The first-order valence-electron chi connectivity index (χ1n) is 16.9. The van der Waals surface area contributed by atoms with Crippen molar-refractivity contribution in [2.45, 2.75) is 147 Å². The average Bonchev–Trinajstić information content (AvgIpc) is 3.64. The minimum Gasteiger partial charge on any atom is -0.480 e. The predicted molar refractivity (Wildman–Crippen MR) is 175 cm³/mol. The molecule has 278 valence electrons. The fourth-order valence-electron chi connectivity index (χ4n) is 7.41. The fraction of sp³-hybridized carbons (Fsp3) is 0.818. The van der Waals surface area contributed by atoms with Gasteiger partial charge in [-0.3, -0.25) is 24.2 Å². The van der Waals surface area contributed by atoms with Crippen LogP contribution < -0.4 is 5.32 Å². The molecule has 4 rings (SSSR count). The quantitative estimate of drug-likeness (QED) is 0.279. The van der Waals surface area contributed by atoms with Gasteiger partial charge in [0.05, 0.1) is 25.3 Å². The number of nitrogens with zero attached hydrogens (tertiary/aromatic N) is 4. The minimum absolute atomic E-state index is 0.0954. The first kappa shape index (κ1) is 39.8. The highest BCUT2D eigenvalue weighted by Gasteiger charge is 2.68. The Balaban J connectivity index is 0.000000267. The summed E-state index contributed by atoms with van der Waals surface area (Å²) >= 11 is 0. The van der Waals surface area contributed by atoms with Crippen LogP contribution in [0.5, 0.6) is 0 Å². The van der Waals surface area contributed by atoms with E-state index >= 15 is 0 Å². The molecule has 2 spiro atoms. The number of aliphatic hydroxyl groups excluding tert-OH is 2. The van der Waals surface area contributed by atoms with E-state index in [9.17, 15) is 39.0 Å². The predicted octanol–water partition coefficient (Wildman–Crippen LogP) is 1.30. The van der Waals surface area contributed by atoms with Crippen molar-refractivity contribution < 1.29 is 53.6 Å². The Morgan fingerprint density at radius 1 is 0.776 bits per heavy atom. The zero-order valence-corrected chi connectivity index (χ0v) is 30.4. The largest absolute Gasteiger partial charge is 0.480 e. The van der Waals surface area contributed by atoms with Gasteiger partial charge in [-0.15, -0.1) is 0 Å². The maximum absolute atomic E-state index is 13.1. The number of nitrogens with one attached hydrogen (secondary N) is 1. The number of amides is 5. The second-order valence-corrected chi connectivity index (χ2v) is 15.5. The number of carbonyl (C=O) groups is 6. The van der Waals surface area contributed by atoms with Crippen LogP contribution in [0.3, 0.4) is 0 Å². The third-order valence-electron chi connectivity index (χ3n) is 9.53. The van der Waals surface area contributed by atoms with Crippen LogP contribution in [0, 0.1) is 0 Å². The average molecular weight is 698 g/mol. The van der Waals surface area contributed by atoms with Crippen LogP contribution in [0.25, 0.3) is 0 Å². The molecule has 4 fully saturated rings. The van der Waals surface area contributed by atoms with Crippen LogP contribution in [-0.4, -0.2) is 150 Å². The Hall–Kier alpha value is -3.66. The molecule has 4 aliphatic rings. The smallest absolute Gasteiger partial charge is 0.411 e. The topological polar surface area (TPSA) is 207 Å². The summed E-state index contributed by atoms with van der Waals surface area (Å²) in [6.45, 7) is 17.5. The van der Waals surface area contributed by atoms with Crippen LogP contribution in [-0.2, 0) is 28.7 Å². The van der Waals surface area contributed by atoms with E-state index in [1.165, 1.54) is 14.7 Å². The lowest BCUT2D eigenvalue weighted by Crippen LogP contribution is -2.81. The maximum Gasteiger partial charge on any atom is 0.411 e.